The molecule has 6 N–H and O–H groups in total. The van der Waals surface area contributed by atoms with Gasteiger partial charge in [-0.05, 0) is 65.2 Å². The molecule has 0 heterocycles. The molecule has 0 spiro atoms. The zero-order valence-electron chi connectivity index (χ0n) is 22.3. The van der Waals surface area contributed by atoms with Gasteiger partial charge in [0.25, 0.3) is 20.4 Å². The van der Waals surface area contributed by atoms with Crippen molar-refractivity contribution in [2.24, 2.45) is 10.3 Å². The Labute approximate surface area is 266 Å². The molecule has 0 aliphatic carbocycles. The summed E-state index contributed by atoms with van der Waals surface area (Å²) in [7, 11) is -8.02. The number of halogens is 10. The standard InChI is InChI=1S/2C13H9ClF4N2O2S/c14-11-6-8(20-23(19,21)22)2-3-9(11)7-1-4-10(12(15)5-7)13(16,17)18;14-10-5-7(2-4-12(10)20-23(19,21)22)8-1-3-9(11(15)6-8)13(16,17)18/h2*1-6,20H,(H2,19,21,22). The molecule has 4 aromatic rings. The van der Waals surface area contributed by atoms with Gasteiger partial charge >= 0.3 is 12.4 Å². The molecule has 0 aliphatic rings. The number of alkyl halides is 6. The lowest BCUT2D eigenvalue weighted by atomic mass is 10.0. The van der Waals surface area contributed by atoms with E-state index in [1.807, 2.05) is 9.44 Å². The van der Waals surface area contributed by atoms with E-state index in [4.69, 9.17) is 33.5 Å². The Kier molecular flexibility index (Phi) is 10.9. The van der Waals surface area contributed by atoms with E-state index < -0.39 is 55.5 Å². The van der Waals surface area contributed by atoms with Crippen molar-refractivity contribution < 1.29 is 52.0 Å². The molecule has 248 valence electrons. The van der Waals surface area contributed by atoms with Crippen molar-refractivity contribution >= 4 is 55.0 Å². The maximum atomic E-state index is 13.6. The Bertz CT molecular complexity index is 1990. The molecule has 4 rings (SSSR count). The highest BCUT2D eigenvalue weighted by Crippen LogP contribution is 2.37. The van der Waals surface area contributed by atoms with Gasteiger partial charge in [0.05, 0.1) is 32.5 Å². The Morgan fingerprint density at radius 2 is 1.02 bits per heavy atom. The van der Waals surface area contributed by atoms with Crippen LogP contribution in [0.1, 0.15) is 11.1 Å². The summed E-state index contributed by atoms with van der Waals surface area (Å²) in [5.74, 6) is -2.85. The highest BCUT2D eigenvalue weighted by atomic mass is 35.5. The second-order valence-electron chi connectivity index (χ2n) is 9.07. The van der Waals surface area contributed by atoms with E-state index in [1.165, 1.54) is 36.4 Å². The molecular formula is C26H18Cl2F8N4O4S2. The largest absolute Gasteiger partial charge is 0.419 e. The van der Waals surface area contributed by atoms with Crippen LogP contribution >= 0.6 is 23.2 Å². The molecule has 0 aromatic heterocycles. The molecule has 0 amide bonds. The number of rotatable bonds is 6. The molecule has 0 unspecified atom stereocenters. The summed E-state index contributed by atoms with van der Waals surface area (Å²) < 4.78 is 150. The Morgan fingerprint density at radius 3 is 1.46 bits per heavy atom. The third-order valence-corrected chi connectivity index (χ3v) is 7.29. The van der Waals surface area contributed by atoms with Gasteiger partial charge in [-0.15, -0.1) is 0 Å². The summed E-state index contributed by atoms with van der Waals surface area (Å²) in [6.45, 7) is 0. The fraction of sp³-hybridized carbons (Fsp3) is 0.0769. The predicted octanol–water partition coefficient (Wildman–Crippen LogP) is 7.56. The van der Waals surface area contributed by atoms with Crippen molar-refractivity contribution in [2.45, 2.75) is 12.4 Å². The van der Waals surface area contributed by atoms with Crippen molar-refractivity contribution in [3.63, 3.8) is 0 Å². The van der Waals surface area contributed by atoms with E-state index in [-0.39, 0.29) is 38.1 Å². The van der Waals surface area contributed by atoms with Gasteiger partial charge in [-0.2, -0.15) is 43.2 Å². The molecule has 0 aliphatic heterocycles. The van der Waals surface area contributed by atoms with E-state index in [0.717, 1.165) is 18.2 Å². The van der Waals surface area contributed by atoms with Gasteiger partial charge in [-0.25, -0.2) is 19.1 Å². The normalized spacial score (nSPS) is 12.3. The van der Waals surface area contributed by atoms with Crippen LogP contribution in [0.15, 0.2) is 72.8 Å². The van der Waals surface area contributed by atoms with Crippen molar-refractivity contribution in [3.05, 3.63) is 106 Å². The Morgan fingerprint density at radius 1 is 0.565 bits per heavy atom. The fourth-order valence-electron chi connectivity index (χ4n) is 3.74. The van der Waals surface area contributed by atoms with E-state index in [9.17, 15) is 52.0 Å². The van der Waals surface area contributed by atoms with Crippen molar-refractivity contribution in [2.75, 3.05) is 9.44 Å². The van der Waals surface area contributed by atoms with Crippen LogP contribution in [0.5, 0.6) is 0 Å². The molecule has 8 nitrogen and oxygen atoms in total. The SMILES string of the molecule is NS(=O)(=O)Nc1ccc(-c2ccc(C(F)(F)F)c(F)c2)c(Cl)c1.NS(=O)(=O)Nc1ccc(-c2ccc(C(F)(F)F)c(F)c2)cc1Cl. The molecule has 4 aromatic carbocycles. The first-order valence-electron chi connectivity index (χ1n) is 11.9. The summed E-state index contributed by atoms with van der Waals surface area (Å²) in [4.78, 5) is 0. The van der Waals surface area contributed by atoms with Gasteiger partial charge in [0, 0.05) is 5.56 Å². The molecular weight excluding hydrogens is 719 g/mol. The summed E-state index contributed by atoms with van der Waals surface area (Å²) in [6, 6.07) is 12.5. The lowest BCUT2D eigenvalue weighted by molar-refractivity contribution is -0.140. The van der Waals surface area contributed by atoms with E-state index >= 15 is 0 Å². The van der Waals surface area contributed by atoms with Crippen LogP contribution in [0.2, 0.25) is 10.0 Å². The number of hydrogen-bond acceptors (Lipinski definition) is 4. The minimum absolute atomic E-state index is 0.00898. The first-order valence-corrected chi connectivity index (χ1v) is 15.7. The molecule has 0 saturated heterocycles. The lowest BCUT2D eigenvalue weighted by Gasteiger charge is -2.11. The maximum absolute atomic E-state index is 13.6. The van der Waals surface area contributed by atoms with Crippen molar-refractivity contribution in [3.8, 4) is 22.3 Å². The number of nitrogens with one attached hydrogen (secondary N) is 2. The van der Waals surface area contributed by atoms with Crippen molar-refractivity contribution in [1.29, 1.82) is 0 Å². The summed E-state index contributed by atoms with van der Waals surface area (Å²) in [5.41, 5.74) is -1.90. The second-order valence-corrected chi connectivity index (χ2v) is 12.5. The van der Waals surface area contributed by atoms with Crippen LogP contribution < -0.4 is 19.7 Å². The van der Waals surface area contributed by atoms with Gasteiger partial charge in [0.1, 0.15) is 11.6 Å². The quantitative estimate of drug-likeness (QED) is 0.152. The smallest absolute Gasteiger partial charge is 0.271 e. The van der Waals surface area contributed by atoms with E-state index in [2.05, 4.69) is 0 Å². The van der Waals surface area contributed by atoms with Crippen LogP contribution in [0, 0.1) is 11.6 Å². The summed E-state index contributed by atoms with van der Waals surface area (Å²) >= 11 is 11.8. The average Bonchev–Trinajstić information content (AvgIpc) is 2.87. The highest BCUT2D eigenvalue weighted by molar-refractivity contribution is 7.90. The topological polar surface area (TPSA) is 144 Å². The molecule has 0 saturated carbocycles. The molecule has 20 heteroatoms. The fourth-order valence-corrected chi connectivity index (χ4v) is 5.26. The van der Waals surface area contributed by atoms with Gasteiger partial charge in [-0.3, -0.25) is 9.44 Å². The zero-order chi connectivity index (χ0) is 34.8. The Hall–Kier alpha value is -3.68. The summed E-state index contributed by atoms with van der Waals surface area (Å²) in [5, 5.41) is 9.58. The molecule has 0 bridgehead atoms. The zero-order valence-corrected chi connectivity index (χ0v) is 25.5. The number of nitrogens with two attached hydrogens (primary N) is 2. The Balaban J connectivity index is 0.000000250. The number of benzene rings is 4. The van der Waals surface area contributed by atoms with Gasteiger partial charge in [0.2, 0.25) is 0 Å². The summed E-state index contributed by atoms with van der Waals surface area (Å²) in [6.07, 6.45) is -9.58. The van der Waals surface area contributed by atoms with Crippen LogP contribution in [0.3, 0.4) is 0 Å². The average molecular weight is 737 g/mol. The third-order valence-electron chi connectivity index (χ3n) is 5.64. The lowest BCUT2D eigenvalue weighted by Crippen LogP contribution is -2.21. The van der Waals surface area contributed by atoms with Crippen LogP contribution in [-0.4, -0.2) is 16.8 Å². The second kappa shape index (κ2) is 13.6. The van der Waals surface area contributed by atoms with Gasteiger partial charge in [-0.1, -0.05) is 47.5 Å². The minimum atomic E-state index is -4.80. The van der Waals surface area contributed by atoms with Gasteiger partial charge in [0.15, 0.2) is 0 Å². The monoisotopic (exact) mass is 736 g/mol. The van der Waals surface area contributed by atoms with Crippen molar-refractivity contribution in [1.82, 2.24) is 0 Å². The number of hydrogen-bond donors (Lipinski definition) is 4. The molecule has 0 atom stereocenters. The van der Waals surface area contributed by atoms with Crippen LogP contribution in [0.4, 0.5) is 46.5 Å². The molecule has 0 fully saturated rings. The highest BCUT2D eigenvalue weighted by Gasteiger charge is 2.35. The van der Waals surface area contributed by atoms with E-state index in [1.54, 1.807) is 0 Å². The molecule has 0 radical (unpaired) electrons. The van der Waals surface area contributed by atoms with E-state index in [0.29, 0.717) is 23.8 Å². The van der Waals surface area contributed by atoms with Gasteiger partial charge < -0.3 is 0 Å². The third kappa shape index (κ3) is 10.2. The van der Waals surface area contributed by atoms with Crippen LogP contribution in [-0.2, 0) is 32.8 Å². The first kappa shape index (κ1) is 36.8. The predicted molar refractivity (Wildman–Crippen MR) is 157 cm³/mol. The maximum Gasteiger partial charge on any atom is 0.419 e. The minimum Gasteiger partial charge on any atom is -0.271 e. The van der Waals surface area contributed by atoms with Crippen LogP contribution in [0.25, 0.3) is 22.3 Å². The first-order chi connectivity index (χ1) is 20.9. The number of anilines is 2. The molecule has 46 heavy (non-hydrogen) atoms.